The molecule has 2 saturated heterocycles. The molecular weight excluding hydrogens is 344 g/mol. The fourth-order valence-corrected chi connectivity index (χ4v) is 3.86. The van der Waals surface area contributed by atoms with Gasteiger partial charge in [0.05, 0.1) is 19.8 Å². The number of methoxy groups -OCH3 is 1. The molecule has 2 aliphatic heterocycles. The van der Waals surface area contributed by atoms with Crippen LogP contribution < -0.4 is 14.8 Å². The molecule has 0 aliphatic carbocycles. The molecule has 1 amide bonds. The lowest BCUT2D eigenvalue weighted by atomic mass is 9.95. The fraction of sp³-hybridized carbons (Fsp3) is 0.667. The largest absolute Gasteiger partial charge is 0.493 e. The summed E-state index contributed by atoms with van der Waals surface area (Å²) in [5.41, 5.74) is 1.21. The third-order valence-electron chi connectivity index (χ3n) is 5.42. The van der Waals surface area contributed by atoms with Crippen molar-refractivity contribution in [2.24, 2.45) is 5.92 Å². The van der Waals surface area contributed by atoms with Crippen LogP contribution in [0.25, 0.3) is 0 Å². The monoisotopic (exact) mass is 376 g/mol. The number of carbonyl (C=O) groups is 1. The van der Waals surface area contributed by atoms with Crippen molar-refractivity contribution in [3.63, 3.8) is 0 Å². The van der Waals surface area contributed by atoms with E-state index in [9.17, 15) is 4.79 Å². The van der Waals surface area contributed by atoms with Gasteiger partial charge in [-0.1, -0.05) is 6.07 Å². The van der Waals surface area contributed by atoms with Crippen LogP contribution >= 0.6 is 0 Å². The zero-order chi connectivity index (χ0) is 19.1. The van der Waals surface area contributed by atoms with Gasteiger partial charge in [0, 0.05) is 25.6 Å². The summed E-state index contributed by atoms with van der Waals surface area (Å²) >= 11 is 0. The molecule has 2 heterocycles. The Balaban J connectivity index is 1.44. The van der Waals surface area contributed by atoms with Crippen LogP contribution in [0.15, 0.2) is 18.2 Å². The van der Waals surface area contributed by atoms with E-state index in [1.54, 1.807) is 7.11 Å². The topological polar surface area (TPSA) is 60.0 Å². The van der Waals surface area contributed by atoms with Gasteiger partial charge in [-0.25, -0.2) is 0 Å². The molecule has 1 aromatic rings. The third-order valence-corrected chi connectivity index (χ3v) is 5.42. The molecule has 0 saturated carbocycles. The number of rotatable bonds is 8. The van der Waals surface area contributed by atoms with Crippen molar-refractivity contribution in [3.8, 4) is 11.5 Å². The van der Waals surface area contributed by atoms with Crippen molar-refractivity contribution in [2.75, 3.05) is 40.0 Å². The normalized spacial score (nSPS) is 21.2. The lowest BCUT2D eigenvalue weighted by Crippen LogP contribution is -2.42. The van der Waals surface area contributed by atoms with Gasteiger partial charge in [0.2, 0.25) is 5.91 Å². The first kappa shape index (κ1) is 20.0. The summed E-state index contributed by atoms with van der Waals surface area (Å²) in [4.78, 5) is 14.8. The molecule has 6 nitrogen and oxygen atoms in total. The summed E-state index contributed by atoms with van der Waals surface area (Å²) in [6.45, 7) is 6.82. The van der Waals surface area contributed by atoms with Crippen LogP contribution in [-0.2, 0) is 16.1 Å². The van der Waals surface area contributed by atoms with Crippen molar-refractivity contribution in [1.82, 2.24) is 10.2 Å². The molecule has 1 aromatic carbocycles. The van der Waals surface area contributed by atoms with E-state index in [2.05, 4.69) is 16.3 Å². The van der Waals surface area contributed by atoms with Gasteiger partial charge in [-0.2, -0.15) is 0 Å². The molecule has 2 aliphatic rings. The molecule has 0 spiro atoms. The van der Waals surface area contributed by atoms with E-state index in [-0.39, 0.29) is 17.9 Å². The number of hydrogen-bond acceptors (Lipinski definition) is 5. The second-order valence-corrected chi connectivity index (χ2v) is 7.35. The van der Waals surface area contributed by atoms with E-state index in [1.807, 2.05) is 19.1 Å². The zero-order valence-corrected chi connectivity index (χ0v) is 16.5. The number of ether oxygens (including phenoxy) is 3. The highest BCUT2D eigenvalue weighted by Gasteiger charge is 2.26. The number of hydrogen-bond donors (Lipinski definition) is 1. The van der Waals surface area contributed by atoms with Gasteiger partial charge < -0.3 is 19.5 Å². The summed E-state index contributed by atoms with van der Waals surface area (Å²) < 4.78 is 16.6. The minimum Gasteiger partial charge on any atom is -0.493 e. The Kier molecular flexibility index (Phi) is 7.35. The summed E-state index contributed by atoms with van der Waals surface area (Å²) in [7, 11) is 1.67. The first-order chi connectivity index (χ1) is 13.2. The van der Waals surface area contributed by atoms with Crippen LogP contribution in [0, 0.1) is 5.92 Å². The number of carbonyl (C=O) groups excluding carboxylic acids is 1. The first-order valence-electron chi connectivity index (χ1n) is 10.1. The molecule has 2 fully saturated rings. The van der Waals surface area contributed by atoms with Gasteiger partial charge in [-0.3, -0.25) is 9.69 Å². The minimum absolute atomic E-state index is 0.123. The Labute approximate surface area is 162 Å². The Morgan fingerprint density at radius 2 is 2.07 bits per heavy atom. The molecule has 3 rings (SSSR count). The van der Waals surface area contributed by atoms with E-state index < -0.39 is 0 Å². The van der Waals surface area contributed by atoms with Gasteiger partial charge in [0.1, 0.15) is 0 Å². The highest BCUT2D eigenvalue weighted by molar-refractivity contribution is 5.78. The SMILES string of the molecule is CCOc1ccc(CN2CCC(C(=O)NC[C@@H]3CCCO3)CC2)cc1OC. The Bertz CT molecular complexity index is 608. The van der Waals surface area contributed by atoms with E-state index in [1.165, 1.54) is 5.56 Å². The maximum atomic E-state index is 12.4. The summed E-state index contributed by atoms with van der Waals surface area (Å²) in [6.07, 6.45) is 4.19. The first-order valence-corrected chi connectivity index (χ1v) is 10.1. The lowest BCUT2D eigenvalue weighted by molar-refractivity contribution is -0.127. The average Bonchev–Trinajstić information content (AvgIpc) is 3.21. The van der Waals surface area contributed by atoms with Crippen molar-refractivity contribution in [1.29, 1.82) is 0 Å². The summed E-state index contributed by atoms with van der Waals surface area (Å²) in [5, 5.41) is 3.08. The molecule has 1 N–H and O–H groups in total. The summed E-state index contributed by atoms with van der Waals surface area (Å²) in [6, 6.07) is 6.11. The smallest absolute Gasteiger partial charge is 0.223 e. The number of amides is 1. The molecule has 27 heavy (non-hydrogen) atoms. The van der Waals surface area contributed by atoms with Crippen molar-refractivity contribution >= 4 is 5.91 Å². The molecule has 0 radical (unpaired) electrons. The van der Waals surface area contributed by atoms with Crippen LogP contribution in [0.5, 0.6) is 11.5 Å². The third kappa shape index (κ3) is 5.59. The lowest BCUT2D eigenvalue weighted by Gasteiger charge is -2.31. The number of benzene rings is 1. The van der Waals surface area contributed by atoms with Crippen LogP contribution in [0.3, 0.4) is 0 Å². The standard InChI is InChI=1S/C21H32N2O4/c1-3-26-19-7-6-16(13-20(19)25-2)15-23-10-8-17(9-11-23)21(24)22-14-18-5-4-12-27-18/h6-7,13,17-18H,3-5,8-12,14-15H2,1-2H3,(H,22,24)/t18-/m0/s1. The van der Waals surface area contributed by atoms with Crippen LogP contribution in [0.1, 0.15) is 38.2 Å². The highest BCUT2D eigenvalue weighted by Crippen LogP contribution is 2.29. The van der Waals surface area contributed by atoms with Crippen molar-refractivity contribution in [2.45, 2.75) is 45.3 Å². The van der Waals surface area contributed by atoms with Gasteiger partial charge >= 0.3 is 0 Å². The van der Waals surface area contributed by atoms with E-state index >= 15 is 0 Å². The second kappa shape index (κ2) is 9.95. The molecule has 1 atom stereocenters. The molecule has 0 bridgehead atoms. The van der Waals surface area contributed by atoms with E-state index in [4.69, 9.17) is 14.2 Å². The Morgan fingerprint density at radius 1 is 1.26 bits per heavy atom. The van der Waals surface area contributed by atoms with E-state index in [0.717, 1.165) is 63.4 Å². The fourth-order valence-electron chi connectivity index (χ4n) is 3.86. The van der Waals surface area contributed by atoms with E-state index in [0.29, 0.717) is 13.2 Å². The molecule has 6 heteroatoms. The molecule has 150 valence electrons. The number of nitrogens with one attached hydrogen (secondary N) is 1. The van der Waals surface area contributed by atoms with Crippen LogP contribution in [-0.4, -0.2) is 56.9 Å². The predicted octanol–water partition coefficient (Wildman–Crippen LogP) is 2.60. The maximum Gasteiger partial charge on any atom is 0.223 e. The zero-order valence-electron chi connectivity index (χ0n) is 16.5. The Hall–Kier alpha value is -1.79. The molecular formula is C21H32N2O4. The average molecular weight is 376 g/mol. The molecule has 0 unspecified atom stereocenters. The van der Waals surface area contributed by atoms with Crippen molar-refractivity contribution in [3.05, 3.63) is 23.8 Å². The van der Waals surface area contributed by atoms with Gasteiger partial charge in [0.25, 0.3) is 0 Å². The van der Waals surface area contributed by atoms with Crippen LogP contribution in [0.2, 0.25) is 0 Å². The minimum atomic E-state index is 0.123. The van der Waals surface area contributed by atoms with Gasteiger partial charge in [0.15, 0.2) is 11.5 Å². The number of nitrogens with zero attached hydrogens (tertiary/aromatic N) is 1. The van der Waals surface area contributed by atoms with Gasteiger partial charge in [-0.05, 0) is 63.4 Å². The maximum absolute atomic E-state index is 12.4. The number of likely N-dealkylation sites (tertiary alicyclic amines) is 1. The number of piperidine rings is 1. The quantitative estimate of drug-likeness (QED) is 0.756. The highest BCUT2D eigenvalue weighted by atomic mass is 16.5. The summed E-state index contributed by atoms with van der Waals surface area (Å²) in [5.74, 6) is 1.87. The van der Waals surface area contributed by atoms with Crippen molar-refractivity contribution < 1.29 is 19.0 Å². The predicted molar refractivity (Wildman–Crippen MR) is 104 cm³/mol. The van der Waals surface area contributed by atoms with Gasteiger partial charge in [-0.15, -0.1) is 0 Å². The Morgan fingerprint density at radius 3 is 2.74 bits per heavy atom. The second-order valence-electron chi connectivity index (χ2n) is 7.35. The van der Waals surface area contributed by atoms with Crippen LogP contribution in [0.4, 0.5) is 0 Å². The molecule has 0 aromatic heterocycles.